The Labute approximate surface area is 121 Å². The minimum Gasteiger partial charge on any atom is -0.381 e. The number of rotatable bonds is 4. The smallest absolute Gasteiger partial charge is 0.136 e. The molecule has 4 nitrogen and oxygen atoms in total. The van der Waals surface area contributed by atoms with Crippen LogP contribution in [0.5, 0.6) is 0 Å². The summed E-state index contributed by atoms with van der Waals surface area (Å²) >= 11 is 0. The molecule has 0 aromatic heterocycles. The van der Waals surface area contributed by atoms with Crippen LogP contribution in [0.4, 0.5) is 0 Å². The van der Waals surface area contributed by atoms with E-state index in [4.69, 9.17) is 9.47 Å². The maximum absolute atomic E-state index is 12.5. The number of Topliss-reactive ketones (excluding diaryl/α,β-unsaturated/α-hetero) is 1. The van der Waals surface area contributed by atoms with E-state index < -0.39 is 0 Å². The molecule has 3 aliphatic rings. The van der Waals surface area contributed by atoms with Gasteiger partial charge < -0.3 is 14.8 Å². The standard InChI is InChI=1S/C16H27NO3/c18-15(2-1-13-3-7-17-12-13)14-4-8-20-16(11-14)5-9-19-10-6-16/h13-14,17H,1-12H2. The molecule has 20 heavy (non-hydrogen) atoms. The van der Waals surface area contributed by atoms with Crippen molar-refractivity contribution in [1.29, 1.82) is 0 Å². The molecule has 4 heteroatoms. The van der Waals surface area contributed by atoms with Crippen LogP contribution in [-0.4, -0.2) is 44.3 Å². The van der Waals surface area contributed by atoms with Gasteiger partial charge in [-0.25, -0.2) is 0 Å². The molecule has 2 unspecified atom stereocenters. The minimum atomic E-state index is -0.0499. The molecule has 1 N–H and O–H groups in total. The lowest BCUT2D eigenvalue weighted by molar-refractivity contribution is -0.157. The summed E-state index contributed by atoms with van der Waals surface area (Å²) in [4.78, 5) is 12.5. The van der Waals surface area contributed by atoms with E-state index in [1.54, 1.807) is 0 Å². The summed E-state index contributed by atoms with van der Waals surface area (Å²) in [5, 5.41) is 3.38. The second kappa shape index (κ2) is 6.54. The van der Waals surface area contributed by atoms with E-state index >= 15 is 0 Å². The van der Waals surface area contributed by atoms with Gasteiger partial charge in [0.2, 0.25) is 0 Å². The van der Waals surface area contributed by atoms with Gasteiger partial charge in [-0.3, -0.25) is 4.79 Å². The fraction of sp³-hybridized carbons (Fsp3) is 0.938. The lowest BCUT2D eigenvalue weighted by Crippen LogP contribution is -2.45. The SMILES string of the molecule is O=C(CCC1CCNC1)C1CCOC2(CCOCC2)C1. The molecule has 0 saturated carbocycles. The van der Waals surface area contributed by atoms with Crippen LogP contribution in [0.15, 0.2) is 0 Å². The summed E-state index contributed by atoms with van der Waals surface area (Å²) in [5.74, 6) is 1.43. The lowest BCUT2D eigenvalue weighted by Gasteiger charge is -2.43. The van der Waals surface area contributed by atoms with Gasteiger partial charge in [0.25, 0.3) is 0 Å². The second-order valence-electron chi connectivity index (χ2n) is 6.70. The maximum atomic E-state index is 12.5. The molecule has 0 amide bonds. The Hall–Kier alpha value is -0.450. The molecule has 3 fully saturated rings. The van der Waals surface area contributed by atoms with E-state index in [0.29, 0.717) is 5.78 Å². The van der Waals surface area contributed by atoms with Crippen molar-refractivity contribution in [2.45, 2.75) is 50.5 Å². The molecule has 3 aliphatic heterocycles. The van der Waals surface area contributed by atoms with E-state index in [2.05, 4.69) is 5.32 Å². The summed E-state index contributed by atoms with van der Waals surface area (Å²) < 4.78 is 11.5. The average Bonchev–Trinajstić information content (AvgIpc) is 2.99. The molecule has 0 aromatic carbocycles. The third-order valence-electron chi connectivity index (χ3n) is 5.31. The second-order valence-corrected chi connectivity index (χ2v) is 6.70. The number of carbonyl (C=O) groups excluding carboxylic acids is 1. The van der Waals surface area contributed by atoms with Gasteiger partial charge >= 0.3 is 0 Å². The number of ether oxygens (including phenoxy) is 2. The van der Waals surface area contributed by atoms with Crippen molar-refractivity contribution in [3.8, 4) is 0 Å². The zero-order valence-corrected chi connectivity index (χ0v) is 12.4. The Balaban J connectivity index is 1.49. The topological polar surface area (TPSA) is 47.6 Å². The van der Waals surface area contributed by atoms with E-state index in [1.165, 1.54) is 6.42 Å². The van der Waals surface area contributed by atoms with Crippen molar-refractivity contribution in [3.05, 3.63) is 0 Å². The van der Waals surface area contributed by atoms with Gasteiger partial charge in [-0.05, 0) is 57.5 Å². The van der Waals surface area contributed by atoms with E-state index in [9.17, 15) is 4.79 Å². The highest BCUT2D eigenvalue weighted by atomic mass is 16.5. The summed E-state index contributed by atoms with van der Waals surface area (Å²) in [6.45, 7) is 4.55. The number of hydrogen-bond acceptors (Lipinski definition) is 4. The van der Waals surface area contributed by atoms with Crippen LogP contribution >= 0.6 is 0 Å². The van der Waals surface area contributed by atoms with Crippen LogP contribution in [0.1, 0.15) is 44.9 Å². The lowest BCUT2D eigenvalue weighted by atomic mass is 9.78. The van der Waals surface area contributed by atoms with Crippen LogP contribution in [0.25, 0.3) is 0 Å². The summed E-state index contributed by atoms with van der Waals surface area (Å²) in [6.07, 6.45) is 6.85. The third-order valence-corrected chi connectivity index (χ3v) is 5.31. The fourth-order valence-electron chi connectivity index (χ4n) is 3.91. The van der Waals surface area contributed by atoms with Crippen LogP contribution < -0.4 is 5.32 Å². The Morgan fingerprint density at radius 1 is 1.20 bits per heavy atom. The number of carbonyl (C=O) groups is 1. The average molecular weight is 281 g/mol. The number of ketones is 1. The summed E-state index contributed by atoms with van der Waals surface area (Å²) in [7, 11) is 0. The van der Waals surface area contributed by atoms with Gasteiger partial charge in [-0.1, -0.05) is 0 Å². The quantitative estimate of drug-likeness (QED) is 0.855. The van der Waals surface area contributed by atoms with Crippen molar-refractivity contribution in [2.24, 2.45) is 11.8 Å². The van der Waals surface area contributed by atoms with Crippen molar-refractivity contribution in [2.75, 3.05) is 32.9 Å². The number of hydrogen-bond donors (Lipinski definition) is 1. The Morgan fingerprint density at radius 3 is 2.80 bits per heavy atom. The van der Waals surface area contributed by atoms with Gasteiger partial charge in [0.05, 0.1) is 5.60 Å². The van der Waals surface area contributed by atoms with Gasteiger partial charge in [-0.15, -0.1) is 0 Å². The normalized spacial score (nSPS) is 33.4. The maximum Gasteiger partial charge on any atom is 0.136 e. The van der Waals surface area contributed by atoms with Gasteiger partial charge in [0.15, 0.2) is 0 Å². The molecule has 0 bridgehead atoms. The zero-order valence-electron chi connectivity index (χ0n) is 12.4. The monoisotopic (exact) mass is 281 g/mol. The molecule has 0 radical (unpaired) electrons. The first-order valence-electron chi connectivity index (χ1n) is 8.23. The molecule has 3 saturated heterocycles. The first-order valence-corrected chi connectivity index (χ1v) is 8.23. The molecule has 3 heterocycles. The number of nitrogens with one attached hydrogen (secondary N) is 1. The predicted octanol–water partition coefficient (Wildman–Crippen LogP) is 1.92. The molecule has 2 atom stereocenters. The molecule has 0 aliphatic carbocycles. The van der Waals surface area contributed by atoms with Crippen molar-refractivity contribution in [1.82, 2.24) is 5.32 Å². The van der Waals surface area contributed by atoms with Gasteiger partial charge in [-0.2, -0.15) is 0 Å². The first kappa shape index (κ1) is 14.5. The van der Waals surface area contributed by atoms with Crippen molar-refractivity contribution < 1.29 is 14.3 Å². The van der Waals surface area contributed by atoms with Crippen molar-refractivity contribution in [3.63, 3.8) is 0 Å². The molecule has 0 aromatic rings. The highest BCUT2D eigenvalue weighted by molar-refractivity contribution is 5.81. The Kier molecular flexibility index (Phi) is 4.74. The largest absolute Gasteiger partial charge is 0.381 e. The van der Waals surface area contributed by atoms with Crippen LogP contribution in [-0.2, 0) is 14.3 Å². The molecular formula is C16H27NO3. The Morgan fingerprint density at radius 2 is 2.05 bits per heavy atom. The van der Waals surface area contributed by atoms with E-state index in [-0.39, 0.29) is 11.5 Å². The van der Waals surface area contributed by atoms with Crippen LogP contribution in [0.3, 0.4) is 0 Å². The van der Waals surface area contributed by atoms with Crippen LogP contribution in [0, 0.1) is 11.8 Å². The highest BCUT2D eigenvalue weighted by Gasteiger charge is 2.40. The highest BCUT2D eigenvalue weighted by Crippen LogP contribution is 2.38. The first-order chi connectivity index (χ1) is 9.77. The van der Waals surface area contributed by atoms with E-state index in [0.717, 1.165) is 77.4 Å². The van der Waals surface area contributed by atoms with Crippen LogP contribution in [0.2, 0.25) is 0 Å². The molecular weight excluding hydrogens is 254 g/mol. The van der Waals surface area contributed by atoms with Gasteiger partial charge in [0, 0.05) is 32.2 Å². The molecule has 1 spiro atoms. The summed E-state index contributed by atoms with van der Waals surface area (Å²) in [5.41, 5.74) is -0.0499. The summed E-state index contributed by atoms with van der Waals surface area (Å²) in [6, 6.07) is 0. The fourth-order valence-corrected chi connectivity index (χ4v) is 3.91. The predicted molar refractivity (Wildman–Crippen MR) is 76.7 cm³/mol. The molecule has 114 valence electrons. The minimum absolute atomic E-state index is 0.0499. The van der Waals surface area contributed by atoms with Crippen molar-refractivity contribution >= 4 is 5.78 Å². The zero-order chi connectivity index (χ0) is 13.8. The third kappa shape index (κ3) is 3.41. The molecule has 3 rings (SSSR count). The Bertz CT molecular complexity index is 327. The van der Waals surface area contributed by atoms with E-state index in [1.807, 2.05) is 0 Å². The van der Waals surface area contributed by atoms with Gasteiger partial charge in [0.1, 0.15) is 5.78 Å².